The van der Waals surface area contributed by atoms with Crippen molar-refractivity contribution in [1.29, 1.82) is 0 Å². The Bertz CT molecular complexity index is 643. The van der Waals surface area contributed by atoms with Crippen LogP contribution in [0.4, 0.5) is 0 Å². The number of hydrogen-bond donors (Lipinski definition) is 0. The predicted molar refractivity (Wildman–Crippen MR) is 80.3 cm³/mol. The van der Waals surface area contributed by atoms with Crippen molar-refractivity contribution in [2.24, 2.45) is 7.05 Å². The van der Waals surface area contributed by atoms with Crippen LogP contribution >= 0.6 is 11.3 Å². The van der Waals surface area contributed by atoms with Gasteiger partial charge in [-0.1, -0.05) is 0 Å². The van der Waals surface area contributed by atoms with Gasteiger partial charge in [0, 0.05) is 37.1 Å². The fraction of sp³-hybridized carbons (Fsp3) is 0.467. The summed E-state index contributed by atoms with van der Waals surface area (Å²) in [6, 6.07) is 3.94. The Labute approximate surface area is 123 Å². The first-order valence-corrected chi connectivity index (χ1v) is 7.72. The zero-order valence-corrected chi connectivity index (χ0v) is 12.9. The molecule has 0 bridgehead atoms. The molecule has 106 valence electrons. The van der Waals surface area contributed by atoms with Crippen molar-refractivity contribution in [3.63, 3.8) is 0 Å². The van der Waals surface area contributed by atoms with E-state index >= 15 is 0 Å². The highest BCUT2D eigenvalue weighted by molar-refractivity contribution is 7.13. The summed E-state index contributed by atoms with van der Waals surface area (Å²) in [5.74, 6) is 1.62. The van der Waals surface area contributed by atoms with E-state index in [1.807, 2.05) is 44.1 Å². The minimum atomic E-state index is 0.163. The number of aromatic nitrogens is 2. The Hall–Kier alpha value is -1.62. The van der Waals surface area contributed by atoms with E-state index in [0.717, 1.165) is 35.9 Å². The van der Waals surface area contributed by atoms with Crippen molar-refractivity contribution in [2.45, 2.75) is 26.2 Å². The van der Waals surface area contributed by atoms with Gasteiger partial charge in [-0.05, 0) is 32.4 Å². The lowest BCUT2D eigenvalue weighted by molar-refractivity contribution is 0.0795. The molecule has 2 aromatic heterocycles. The second kappa shape index (κ2) is 5.05. The second-order valence-corrected chi connectivity index (χ2v) is 6.79. The summed E-state index contributed by atoms with van der Waals surface area (Å²) >= 11 is 1.57. The third kappa shape index (κ3) is 2.38. The van der Waals surface area contributed by atoms with E-state index < -0.39 is 0 Å². The summed E-state index contributed by atoms with van der Waals surface area (Å²) in [7, 11) is 2.03. The van der Waals surface area contributed by atoms with E-state index in [1.54, 1.807) is 11.3 Å². The highest BCUT2D eigenvalue weighted by atomic mass is 32.1. The Kier molecular flexibility index (Phi) is 3.38. The molecule has 3 rings (SSSR count). The van der Waals surface area contributed by atoms with Crippen molar-refractivity contribution < 1.29 is 4.79 Å². The minimum absolute atomic E-state index is 0.163. The predicted octanol–water partition coefficient (Wildman–Crippen LogP) is 2.73. The molecule has 1 saturated heterocycles. The topological polar surface area (TPSA) is 38.1 Å². The normalized spacial score (nSPS) is 18.8. The molecule has 0 aromatic carbocycles. The third-order valence-electron chi connectivity index (χ3n) is 3.82. The minimum Gasteiger partial charge on any atom is -0.337 e. The van der Waals surface area contributed by atoms with Crippen LogP contribution in [0.15, 0.2) is 18.3 Å². The highest BCUT2D eigenvalue weighted by Gasteiger charge is 2.30. The lowest BCUT2D eigenvalue weighted by Crippen LogP contribution is -2.28. The molecule has 20 heavy (non-hydrogen) atoms. The number of imidazole rings is 1. The molecule has 1 aliphatic heterocycles. The first-order chi connectivity index (χ1) is 9.54. The number of likely N-dealkylation sites (tertiary alicyclic amines) is 1. The van der Waals surface area contributed by atoms with E-state index in [-0.39, 0.29) is 5.91 Å². The lowest BCUT2D eigenvalue weighted by Gasteiger charge is -2.15. The van der Waals surface area contributed by atoms with Gasteiger partial charge in [0.15, 0.2) is 0 Å². The molecule has 1 fully saturated rings. The van der Waals surface area contributed by atoms with Gasteiger partial charge in [0.25, 0.3) is 5.91 Å². The number of carbonyl (C=O) groups excluding carboxylic acids is 1. The molecule has 4 nitrogen and oxygen atoms in total. The second-order valence-electron chi connectivity index (χ2n) is 5.50. The van der Waals surface area contributed by atoms with Gasteiger partial charge in [-0.25, -0.2) is 4.98 Å². The Morgan fingerprint density at radius 3 is 2.80 bits per heavy atom. The number of amides is 1. The fourth-order valence-corrected chi connectivity index (χ4v) is 3.71. The van der Waals surface area contributed by atoms with Crippen LogP contribution < -0.4 is 0 Å². The number of hydrogen-bond acceptors (Lipinski definition) is 3. The maximum absolute atomic E-state index is 12.4. The van der Waals surface area contributed by atoms with Crippen LogP contribution in [0.1, 0.15) is 38.4 Å². The molecule has 0 spiro atoms. The zero-order valence-electron chi connectivity index (χ0n) is 12.1. The van der Waals surface area contributed by atoms with E-state index in [1.165, 1.54) is 4.88 Å². The van der Waals surface area contributed by atoms with Crippen molar-refractivity contribution in [3.05, 3.63) is 39.6 Å². The van der Waals surface area contributed by atoms with Gasteiger partial charge in [0.05, 0.1) is 10.6 Å². The largest absolute Gasteiger partial charge is 0.337 e. The summed E-state index contributed by atoms with van der Waals surface area (Å²) in [5, 5.41) is 0. The molecule has 1 amide bonds. The highest BCUT2D eigenvalue weighted by Crippen LogP contribution is 2.28. The van der Waals surface area contributed by atoms with Crippen LogP contribution in [0.2, 0.25) is 0 Å². The summed E-state index contributed by atoms with van der Waals surface area (Å²) in [6.45, 7) is 5.65. The van der Waals surface area contributed by atoms with Crippen molar-refractivity contribution in [3.8, 4) is 0 Å². The quantitative estimate of drug-likeness (QED) is 0.852. The average molecular weight is 289 g/mol. The van der Waals surface area contributed by atoms with Crippen molar-refractivity contribution in [1.82, 2.24) is 14.5 Å². The number of aryl methyl sites for hydroxylation is 3. The zero-order chi connectivity index (χ0) is 14.3. The molecular formula is C15H19N3OS. The van der Waals surface area contributed by atoms with Crippen LogP contribution in [0.25, 0.3) is 0 Å². The molecule has 3 heterocycles. The summed E-state index contributed by atoms with van der Waals surface area (Å²) < 4.78 is 2.09. The molecule has 0 aliphatic carbocycles. The van der Waals surface area contributed by atoms with Crippen LogP contribution in [0, 0.1) is 13.8 Å². The molecule has 0 radical (unpaired) electrons. The van der Waals surface area contributed by atoms with E-state index in [2.05, 4.69) is 9.55 Å². The number of rotatable bonds is 2. The smallest absolute Gasteiger partial charge is 0.263 e. The van der Waals surface area contributed by atoms with Gasteiger partial charge in [-0.15, -0.1) is 11.3 Å². The maximum Gasteiger partial charge on any atom is 0.263 e. The van der Waals surface area contributed by atoms with Gasteiger partial charge in [0.2, 0.25) is 0 Å². The van der Waals surface area contributed by atoms with Crippen molar-refractivity contribution in [2.75, 3.05) is 13.1 Å². The van der Waals surface area contributed by atoms with Gasteiger partial charge in [-0.2, -0.15) is 0 Å². The molecule has 1 unspecified atom stereocenters. The van der Waals surface area contributed by atoms with Crippen LogP contribution in [0.5, 0.6) is 0 Å². The SMILES string of the molecule is Cc1cn(C)c(C2CCN(C(=O)c3ccc(C)s3)C2)n1. The summed E-state index contributed by atoms with van der Waals surface area (Å²) in [5.41, 5.74) is 1.04. The number of nitrogens with zero attached hydrogens (tertiary/aromatic N) is 3. The van der Waals surface area contributed by atoms with E-state index in [0.29, 0.717) is 5.92 Å². The van der Waals surface area contributed by atoms with Crippen LogP contribution in [-0.2, 0) is 7.05 Å². The molecule has 5 heteroatoms. The molecule has 0 N–H and O–H groups in total. The third-order valence-corrected chi connectivity index (χ3v) is 4.81. The molecule has 1 atom stereocenters. The van der Waals surface area contributed by atoms with Gasteiger partial charge >= 0.3 is 0 Å². The monoisotopic (exact) mass is 289 g/mol. The van der Waals surface area contributed by atoms with Crippen LogP contribution in [-0.4, -0.2) is 33.4 Å². The lowest BCUT2D eigenvalue weighted by atomic mass is 10.1. The standard InChI is InChI=1S/C15H19N3OS/c1-10-8-17(3)14(16-10)12-6-7-18(9-12)15(19)13-5-4-11(2)20-13/h4-5,8,12H,6-7,9H2,1-3H3. The number of thiophene rings is 1. The van der Waals surface area contributed by atoms with Crippen molar-refractivity contribution >= 4 is 17.2 Å². The van der Waals surface area contributed by atoms with E-state index in [9.17, 15) is 4.79 Å². The first-order valence-electron chi connectivity index (χ1n) is 6.90. The number of carbonyl (C=O) groups is 1. The Morgan fingerprint density at radius 2 is 2.20 bits per heavy atom. The summed E-state index contributed by atoms with van der Waals surface area (Å²) in [6.07, 6.45) is 3.04. The Balaban J connectivity index is 1.73. The molecule has 0 saturated carbocycles. The van der Waals surface area contributed by atoms with Crippen LogP contribution in [0.3, 0.4) is 0 Å². The molecular weight excluding hydrogens is 270 g/mol. The van der Waals surface area contributed by atoms with E-state index in [4.69, 9.17) is 0 Å². The molecule has 2 aromatic rings. The fourth-order valence-electron chi connectivity index (χ4n) is 2.87. The Morgan fingerprint density at radius 1 is 1.40 bits per heavy atom. The first kappa shape index (κ1) is 13.4. The molecule has 1 aliphatic rings. The van der Waals surface area contributed by atoms with Gasteiger partial charge in [0.1, 0.15) is 5.82 Å². The van der Waals surface area contributed by atoms with Gasteiger partial charge in [-0.3, -0.25) is 4.79 Å². The van der Waals surface area contributed by atoms with Gasteiger partial charge < -0.3 is 9.47 Å². The average Bonchev–Trinajstić information content (AvgIpc) is 3.08. The maximum atomic E-state index is 12.4. The summed E-state index contributed by atoms with van der Waals surface area (Å²) in [4.78, 5) is 21.0.